The SMILES string of the molecule is CCCCOc1cccc(Oc2ccc(-c3cc(C(F)(F)F)c(C#N)c(=O)n3Cc3ccc(C)cc3C)cc2)c1. The van der Waals surface area contributed by atoms with E-state index in [-0.39, 0.29) is 12.2 Å². The smallest absolute Gasteiger partial charge is 0.417 e. The molecule has 0 fully saturated rings. The van der Waals surface area contributed by atoms with Gasteiger partial charge in [-0.05, 0) is 79.4 Å². The van der Waals surface area contributed by atoms with Gasteiger partial charge in [-0.1, -0.05) is 43.2 Å². The average Bonchev–Trinajstić information content (AvgIpc) is 2.91. The molecule has 0 aliphatic carbocycles. The normalized spacial score (nSPS) is 11.2. The summed E-state index contributed by atoms with van der Waals surface area (Å²) in [6, 6.07) is 21.6. The maximum atomic E-state index is 13.9. The number of aryl methyl sites for hydroxylation is 2. The number of hydrogen-bond donors (Lipinski definition) is 0. The number of alkyl halides is 3. The minimum absolute atomic E-state index is 0.0101. The van der Waals surface area contributed by atoms with Crippen molar-refractivity contribution in [3.05, 3.63) is 111 Å². The quantitative estimate of drug-likeness (QED) is 0.199. The third kappa shape index (κ3) is 6.55. The summed E-state index contributed by atoms with van der Waals surface area (Å²) in [7, 11) is 0. The van der Waals surface area contributed by atoms with Crippen molar-refractivity contribution in [2.24, 2.45) is 0 Å². The molecule has 0 atom stereocenters. The molecule has 8 heteroatoms. The van der Waals surface area contributed by atoms with Crippen molar-refractivity contribution in [3.63, 3.8) is 0 Å². The van der Waals surface area contributed by atoms with Crippen LogP contribution in [0, 0.1) is 25.2 Å². The molecule has 4 rings (SSSR count). The van der Waals surface area contributed by atoms with Crippen LogP contribution < -0.4 is 15.0 Å². The number of nitriles is 1. The Morgan fingerprint density at radius 2 is 1.65 bits per heavy atom. The van der Waals surface area contributed by atoms with Gasteiger partial charge in [0.1, 0.15) is 28.9 Å². The van der Waals surface area contributed by atoms with Gasteiger partial charge in [0.2, 0.25) is 0 Å². The van der Waals surface area contributed by atoms with E-state index in [0.29, 0.717) is 29.4 Å². The fourth-order valence-corrected chi connectivity index (χ4v) is 4.36. The van der Waals surface area contributed by atoms with Gasteiger partial charge in [-0.25, -0.2) is 0 Å². The van der Waals surface area contributed by atoms with Gasteiger partial charge < -0.3 is 14.0 Å². The lowest BCUT2D eigenvalue weighted by Gasteiger charge is -2.19. The molecule has 0 aliphatic heterocycles. The van der Waals surface area contributed by atoms with Gasteiger partial charge in [-0.2, -0.15) is 18.4 Å². The van der Waals surface area contributed by atoms with Gasteiger partial charge in [0.15, 0.2) is 0 Å². The van der Waals surface area contributed by atoms with Gasteiger partial charge in [0.25, 0.3) is 5.56 Å². The van der Waals surface area contributed by atoms with Crippen molar-refractivity contribution in [2.45, 2.75) is 46.3 Å². The van der Waals surface area contributed by atoms with Crippen LogP contribution >= 0.6 is 0 Å². The number of ether oxygens (including phenoxy) is 2. The van der Waals surface area contributed by atoms with Crippen LogP contribution in [0.4, 0.5) is 13.2 Å². The van der Waals surface area contributed by atoms with E-state index in [9.17, 15) is 23.2 Å². The molecule has 1 heterocycles. The molecule has 0 N–H and O–H groups in total. The second kappa shape index (κ2) is 12.1. The molecule has 0 saturated heterocycles. The zero-order valence-corrected chi connectivity index (χ0v) is 22.5. The van der Waals surface area contributed by atoms with E-state index in [0.717, 1.165) is 35.6 Å². The molecule has 0 aliphatic rings. The van der Waals surface area contributed by atoms with Gasteiger partial charge in [-0.15, -0.1) is 0 Å². The van der Waals surface area contributed by atoms with E-state index in [1.807, 2.05) is 44.2 Å². The minimum atomic E-state index is -4.87. The number of unbranched alkanes of at least 4 members (excludes halogenated alkanes) is 1. The molecular formula is C32H29F3N2O3. The van der Waals surface area contributed by atoms with E-state index in [4.69, 9.17) is 9.47 Å². The number of benzene rings is 3. The first-order valence-corrected chi connectivity index (χ1v) is 12.9. The highest BCUT2D eigenvalue weighted by molar-refractivity contribution is 5.64. The van der Waals surface area contributed by atoms with Crippen molar-refractivity contribution in [2.75, 3.05) is 6.61 Å². The predicted octanol–water partition coefficient (Wildman–Crippen LogP) is 8.04. The second-order valence-electron chi connectivity index (χ2n) is 9.55. The third-order valence-corrected chi connectivity index (χ3v) is 6.50. The summed E-state index contributed by atoms with van der Waals surface area (Å²) < 4.78 is 54.5. The summed E-state index contributed by atoms with van der Waals surface area (Å²) in [4.78, 5) is 13.3. The van der Waals surface area contributed by atoms with Crippen LogP contribution in [0.5, 0.6) is 17.2 Å². The summed E-state index contributed by atoms with van der Waals surface area (Å²) in [5, 5.41) is 9.47. The molecule has 206 valence electrons. The highest BCUT2D eigenvalue weighted by Crippen LogP contribution is 2.35. The van der Waals surface area contributed by atoms with Crippen molar-refractivity contribution >= 4 is 0 Å². The van der Waals surface area contributed by atoms with Crippen LogP contribution in [0.3, 0.4) is 0 Å². The fraction of sp³-hybridized carbons (Fsp3) is 0.250. The lowest BCUT2D eigenvalue weighted by molar-refractivity contribution is -0.137. The maximum Gasteiger partial charge on any atom is 0.417 e. The molecule has 40 heavy (non-hydrogen) atoms. The van der Waals surface area contributed by atoms with E-state index in [1.54, 1.807) is 36.4 Å². The largest absolute Gasteiger partial charge is 0.493 e. The Morgan fingerprint density at radius 1 is 0.925 bits per heavy atom. The number of halogens is 3. The Hall–Kier alpha value is -4.51. The van der Waals surface area contributed by atoms with E-state index >= 15 is 0 Å². The molecule has 5 nitrogen and oxygen atoms in total. The summed E-state index contributed by atoms with van der Waals surface area (Å²) in [5.41, 5.74) is -0.0799. The molecule has 0 bridgehead atoms. The summed E-state index contributed by atoms with van der Waals surface area (Å²) in [6.07, 6.45) is -2.91. The number of pyridine rings is 1. The van der Waals surface area contributed by atoms with E-state index in [2.05, 4.69) is 6.92 Å². The third-order valence-electron chi connectivity index (χ3n) is 6.50. The molecule has 0 unspecified atom stereocenters. The van der Waals surface area contributed by atoms with Crippen LogP contribution in [0.1, 0.15) is 47.6 Å². The Labute approximate surface area is 231 Å². The van der Waals surface area contributed by atoms with Gasteiger partial charge in [0, 0.05) is 6.07 Å². The zero-order chi connectivity index (χ0) is 28.9. The maximum absolute atomic E-state index is 13.9. The van der Waals surface area contributed by atoms with Crippen LogP contribution in [-0.4, -0.2) is 11.2 Å². The topological polar surface area (TPSA) is 64.2 Å². The molecule has 0 spiro atoms. The van der Waals surface area contributed by atoms with Crippen molar-refractivity contribution in [1.29, 1.82) is 5.26 Å². The fourth-order valence-electron chi connectivity index (χ4n) is 4.36. The molecular weight excluding hydrogens is 517 g/mol. The first-order chi connectivity index (χ1) is 19.1. The van der Waals surface area contributed by atoms with Crippen molar-refractivity contribution in [3.8, 4) is 34.6 Å². The molecule has 3 aromatic carbocycles. The number of hydrogen-bond acceptors (Lipinski definition) is 4. The van der Waals surface area contributed by atoms with Gasteiger partial charge >= 0.3 is 6.18 Å². The highest BCUT2D eigenvalue weighted by atomic mass is 19.4. The summed E-state index contributed by atoms with van der Waals surface area (Å²) in [6.45, 7) is 6.49. The molecule has 4 aromatic rings. The highest BCUT2D eigenvalue weighted by Gasteiger charge is 2.36. The first-order valence-electron chi connectivity index (χ1n) is 12.9. The number of rotatable bonds is 9. The average molecular weight is 547 g/mol. The Bertz CT molecular complexity index is 1600. The van der Waals surface area contributed by atoms with Crippen LogP contribution in [0.15, 0.2) is 77.6 Å². The van der Waals surface area contributed by atoms with Gasteiger partial charge in [0.05, 0.1) is 24.4 Å². The van der Waals surface area contributed by atoms with Crippen LogP contribution in [0.25, 0.3) is 11.3 Å². The summed E-state index contributed by atoms with van der Waals surface area (Å²) >= 11 is 0. The number of aromatic nitrogens is 1. The summed E-state index contributed by atoms with van der Waals surface area (Å²) in [5.74, 6) is 1.68. The van der Waals surface area contributed by atoms with Crippen LogP contribution in [-0.2, 0) is 12.7 Å². The monoisotopic (exact) mass is 546 g/mol. The Morgan fingerprint density at radius 3 is 2.30 bits per heavy atom. The standard InChI is InChI=1S/C32H29F3N2O3/c1-4-5-15-39-26-7-6-8-27(17-26)40-25-13-11-23(12-14-25)30-18-29(32(33,34)35)28(19-36)31(38)37(30)20-24-10-9-21(2)16-22(24)3/h6-14,16-18H,4-5,15,20H2,1-3H3. The number of nitrogens with zero attached hydrogens (tertiary/aromatic N) is 2. The van der Waals surface area contributed by atoms with Gasteiger partial charge in [-0.3, -0.25) is 4.79 Å². The second-order valence-corrected chi connectivity index (χ2v) is 9.55. The molecule has 0 saturated carbocycles. The molecule has 1 aromatic heterocycles. The van der Waals surface area contributed by atoms with E-state index in [1.165, 1.54) is 10.6 Å². The minimum Gasteiger partial charge on any atom is -0.493 e. The first kappa shape index (κ1) is 28.5. The lowest BCUT2D eigenvalue weighted by atomic mass is 10.0. The predicted molar refractivity (Wildman–Crippen MR) is 148 cm³/mol. The zero-order valence-electron chi connectivity index (χ0n) is 22.5. The van der Waals surface area contributed by atoms with E-state index < -0.39 is 22.9 Å². The van der Waals surface area contributed by atoms with Crippen LogP contribution in [0.2, 0.25) is 0 Å². The molecule has 0 amide bonds. The molecule has 0 radical (unpaired) electrons. The Kier molecular flexibility index (Phi) is 8.64. The Balaban J connectivity index is 1.72. The lowest BCUT2D eigenvalue weighted by Crippen LogP contribution is -2.29. The van der Waals surface area contributed by atoms with Crippen molar-refractivity contribution < 1.29 is 22.6 Å². The van der Waals surface area contributed by atoms with Crippen molar-refractivity contribution in [1.82, 2.24) is 4.57 Å².